The third-order valence-corrected chi connectivity index (χ3v) is 3.67. The van der Waals surface area contributed by atoms with E-state index in [2.05, 4.69) is 39.8 Å². The van der Waals surface area contributed by atoms with Crippen molar-refractivity contribution in [1.29, 1.82) is 0 Å². The maximum atomic E-state index is 5.97. The van der Waals surface area contributed by atoms with E-state index in [0.29, 0.717) is 5.82 Å². The highest BCUT2D eigenvalue weighted by Gasteiger charge is 2.53. The normalized spacial score (nSPS) is 34.0. The Kier molecular flexibility index (Phi) is 2.28. The first-order valence-electron chi connectivity index (χ1n) is 5.45. The predicted molar refractivity (Wildman–Crippen MR) is 58.2 cm³/mol. The van der Waals surface area contributed by atoms with Crippen LogP contribution in [0.2, 0.25) is 5.82 Å². The van der Waals surface area contributed by atoms with Crippen LogP contribution in [-0.4, -0.2) is 18.3 Å². The standard InChI is InChI=1S/C11H19BO2/c1-10(2)11(3,4)14-12(13-10)9-7-5-6-8-9/h5,7,9H,6,8H2,1-4H3/t9-/m0/s1. The molecule has 1 atom stereocenters. The molecule has 78 valence electrons. The number of rotatable bonds is 1. The molecule has 0 N–H and O–H groups in total. The van der Waals surface area contributed by atoms with Gasteiger partial charge in [-0.15, -0.1) is 0 Å². The summed E-state index contributed by atoms with van der Waals surface area (Å²) in [6, 6.07) is 0. The third kappa shape index (κ3) is 1.53. The molecule has 0 unspecified atom stereocenters. The Morgan fingerprint density at radius 2 is 1.71 bits per heavy atom. The minimum absolute atomic E-state index is 0.0428. The first-order valence-corrected chi connectivity index (χ1v) is 5.45. The molecular weight excluding hydrogens is 175 g/mol. The summed E-state index contributed by atoms with van der Waals surface area (Å²) in [7, 11) is -0.0428. The fourth-order valence-corrected chi connectivity index (χ4v) is 1.95. The van der Waals surface area contributed by atoms with Crippen LogP contribution in [-0.2, 0) is 9.31 Å². The summed E-state index contributed by atoms with van der Waals surface area (Å²) in [5.74, 6) is 0.455. The average molecular weight is 194 g/mol. The van der Waals surface area contributed by atoms with Crippen molar-refractivity contribution in [2.75, 3.05) is 0 Å². The molecular formula is C11H19BO2. The van der Waals surface area contributed by atoms with Crippen molar-refractivity contribution in [3.63, 3.8) is 0 Å². The molecule has 2 aliphatic rings. The monoisotopic (exact) mass is 194 g/mol. The van der Waals surface area contributed by atoms with Gasteiger partial charge in [-0.25, -0.2) is 0 Å². The molecule has 2 nitrogen and oxygen atoms in total. The minimum atomic E-state index is -0.186. The van der Waals surface area contributed by atoms with Crippen molar-refractivity contribution in [3.05, 3.63) is 12.2 Å². The molecule has 1 aliphatic carbocycles. The fraction of sp³-hybridized carbons (Fsp3) is 0.818. The lowest BCUT2D eigenvalue weighted by atomic mass is 9.72. The van der Waals surface area contributed by atoms with Gasteiger partial charge >= 0.3 is 7.12 Å². The lowest BCUT2D eigenvalue weighted by Crippen LogP contribution is -2.41. The number of hydrogen-bond acceptors (Lipinski definition) is 2. The fourth-order valence-electron chi connectivity index (χ4n) is 1.95. The molecule has 1 fully saturated rings. The topological polar surface area (TPSA) is 18.5 Å². The molecule has 1 aliphatic heterocycles. The molecule has 0 aromatic carbocycles. The van der Waals surface area contributed by atoms with Gasteiger partial charge in [-0.2, -0.15) is 0 Å². The summed E-state index contributed by atoms with van der Waals surface area (Å²) in [6.45, 7) is 8.41. The van der Waals surface area contributed by atoms with E-state index in [1.165, 1.54) is 0 Å². The second-order valence-electron chi connectivity index (χ2n) is 5.29. The highest BCUT2D eigenvalue weighted by molar-refractivity contribution is 6.48. The lowest BCUT2D eigenvalue weighted by Gasteiger charge is -2.32. The second-order valence-corrected chi connectivity index (χ2v) is 5.29. The molecule has 3 heteroatoms. The van der Waals surface area contributed by atoms with Gasteiger partial charge in [0.05, 0.1) is 11.2 Å². The lowest BCUT2D eigenvalue weighted by molar-refractivity contribution is 0.00578. The molecule has 2 rings (SSSR count). The van der Waals surface area contributed by atoms with Gasteiger partial charge in [0, 0.05) is 5.82 Å². The van der Waals surface area contributed by atoms with Crippen LogP contribution >= 0.6 is 0 Å². The molecule has 0 saturated carbocycles. The average Bonchev–Trinajstić information content (AvgIpc) is 2.58. The van der Waals surface area contributed by atoms with Gasteiger partial charge in [0.15, 0.2) is 0 Å². The number of hydrogen-bond donors (Lipinski definition) is 0. The Morgan fingerprint density at radius 3 is 2.14 bits per heavy atom. The minimum Gasteiger partial charge on any atom is -0.403 e. The molecule has 0 aromatic heterocycles. The second kappa shape index (κ2) is 3.11. The van der Waals surface area contributed by atoms with E-state index in [0.717, 1.165) is 12.8 Å². The van der Waals surface area contributed by atoms with E-state index in [-0.39, 0.29) is 18.3 Å². The third-order valence-electron chi connectivity index (χ3n) is 3.67. The Labute approximate surface area is 86.8 Å². The highest BCUT2D eigenvalue weighted by atomic mass is 16.7. The van der Waals surface area contributed by atoms with Gasteiger partial charge in [0.25, 0.3) is 0 Å². The Hall–Kier alpha value is -0.275. The van der Waals surface area contributed by atoms with E-state index >= 15 is 0 Å². The van der Waals surface area contributed by atoms with Crippen LogP contribution in [0.25, 0.3) is 0 Å². The molecule has 0 bridgehead atoms. The van der Waals surface area contributed by atoms with E-state index < -0.39 is 0 Å². The van der Waals surface area contributed by atoms with Gasteiger partial charge in [-0.3, -0.25) is 0 Å². The summed E-state index contributed by atoms with van der Waals surface area (Å²) in [6.07, 6.45) is 6.77. The van der Waals surface area contributed by atoms with Crippen LogP contribution in [0.4, 0.5) is 0 Å². The molecule has 0 radical (unpaired) electrons. The summed E-state index contributed by atoms with van der Waals surface area (Å²) in [5, 5.41) is 0. The van der Waals surface area contributed by atoms with Crippen LogP contribution in [0.3, 0.4) is 0 Å². The zero-order valence-corrected chi connectivity index (χ0v) is 9.54. The Balaban J connectivity index is 2.09. The van der Waals surface area contributed by atoms with Crippen LogP contribution in [0, 0.1) is 0 Å². The highest BCUT2D eigenvalue weighted by Crippen LogP contribution is 2.42. The van der Waals surface area contributed by atoms with Crippen LogP contribution in [0.15, 0.2) is 12.2 Å². The van der Waals surface area contributed by atoms with Gasteiger partial charge < -0.3 is 9.31 Å². The summed E-state index contributed by atoms with van der Waals surface area (Å²) < 4.78 is 11.9. The summed E-state index contributed by atoms with van der Waals surface area (Å²) in [4.78, 5) is 0. The zero-order valence-electron chi connectivity index (χ0n) is 9.54. The van der Waals surface area contributed by atoms with E-state index in [9.17, 15) is 0 Å². The maximum absolute atomic E-state index is 5.97. The first kappa shape index (κ1) is 10.2. The summed E-state index contributed by atoms with van der Waals surface area (Å²) in [5.41, 5.74) is -0.373. The van der Waals surface area contributed by atoms with Gasteiger partial charge in [-0.05, 0) is 40.5 Å². The van der Waals surface area contributed by atoms with Crippen LogP contribution < -0.4 is 0 Å². The van der Waals surface area contributed by atoms with Crippen molar-refractivity contribution in [1.82, 2.24) is 0 Å². The molecule has 1 heterocycles. The largest absolute Gasteiger partial charge is 0.465 e. The van der Waals surface area contributed by atoms with Crippen molar-refractivity contribution in [3.8, 4) is 0 Å². The van der Waals surface area contributed by atoms with Crippen molar-refractivity contribution in [2.45, 2.75) is 57.6 Å². The molecule has 0 amide bonds. The van der Waals surface area contributed by atoms with Crippen molar-refractivity contribution in [2.24, 2.45) is 0 Å². The number of allylic oxidation sites excluding steroid dienone is 2. The molecule has 1 saturated heterocycles. The van der Waals surface area contributed by atoms with Crippen molar-refractivity contribution < 1.29 is 9.31 Å². The Bertz CT molecular complexity index is 242. The van der Waals surface area contributed by atoms with Gasteiger partial charge in [-0.1, -0.05) is 12.2 Å². The van der Waals surface area contributed by atoms with E-state index in [1.807, 2.05) is 0 Å². The van der Waals surface area contributed by atoms with Gasteiger partial charge in [0.1, 0.15) is 0 Å². The zero-order chi connectivity index (χ0) is 10.4. The van der Waals surface area contributed by atoms with Gasteiger partial charge in [0.2, 0.25) is 0 Å². The molecule has 14 heavy (non-hydrogen) atoms. The SMILES string of the molecule is CC1(C)OB([C@H]2C=CCC2)OC1(C)C. The van der Waals surface area contributed by atoms with Crippen LogP contribution in [0.1, 0.15) is 40.5 Å². The quantitative estimate of drug-likeness (QED) is 0.472. The molecule has 0 spiro atoms. The summed E-state index contributed by atoms with van der Waals surface area (Å²) >= 11 is 0. The van der Waals surface area contributed by atoms with Crippen molar-refractivity contribution >= 4 is 7.12 Å². The maximum Gasteiger partial charge on any atom is 0.465 e. The van der Waals surface area contributed by atoms with E-state index in [4.69, 9.17) is 9.31 Å². The molecule has 0 aromatic rings. The first-order chi connectivity index (χ1) is 6.42. The Morgan fingerprint density at radius 1 is 1.14 bits per heavy atom. The smallest absolute Gasteiger partial charge is 0.403 e. The van der Waals surface area contributed by atoms with E-state index in [1.54, 1.807) is 0 Å². The van der Waals surface area contributed by atoms with Crippen LogP contribution in [0.5, 0.6) is 0 Å². The predicted octanol–water partition coefficient (Wildman–Crippen LogP) is 2.80.